The number of rotatable bonds is 6. The van der Waals surface area contributed by atoms with E-state index < -0.39 is 39.2 Å². The molecule has 0 aliphatic carbocycles. The van der Waals surface area contributed by atoms with Gasteiger partial charge in [-0.25, -0.2) is 8.42 Å². The first kappa shape index (κ1) is 22.0. The molecule has 0 aromatic heterocycles. The number of carbonyl (C=O) groups is 1. The number of nitrogens with one attached hydrogen (secondary N) is 1. The minimum atomic E-state index is -4.76. The maximum absolute atomic E-state index is 13.1. The van der Waals surface area contributed by atoms with E-state index in [-0.39, 0.29) is 12.2 Å². The number of hydrogen-bond donors (Lipinski definition) is 1. The first-order chi connectivity index (χ1) is 12.9. The van der Waals surface area contributed by atoms with E-state index in [2.05, 4.69) is 5.32 Å². The number of carbonyl (C=O) groups excluding carboxylic acids is 1. The molecule has 152 valence electrons. The number of sulfonamides is 1. The lowest BCUT2D eigenvalue weighted by Crippen LogP contribution is -2.40. The standard InChI is InChI=1S/C18H18ClF3N2O3S/c1-12-4-3-5-13(8-12)10-23-17(25)11-24(28(2,26)27)14-6-7-16(19)15(9-14)18(20,21)22/h3-9H,10-11H2,1-2H3,(H,23,25). The van der Waals surface area contributed by atoms with Crippen molar-refractivity contribution in [2.75, 3.05) is 17.1 Å². The molecule has 0 radical (unpaired) electrons. The summed E-state index contributed by atoms with van der Waals surface area (Å²) in [6, 6.07) is 10.0. The van der Waals surface area contributed by atoms with Gasteiger partial charge < -0.3 is 5.32 Å². The van der Waals surface area contributed by atoms with Crippen molar-refractivity contribution in [3.63, 3.8) is 0 Å². The quantitative estimate of drug-likeness (QED) is 0.753. The maximum atomic E-state index is 13.1. The highest BCUT2D eigenvalue weighted by atomic mass is 35.5. The molecule has 0 unspecified atom stereocenters. The van der Waals surface area contributed by atoms with Crippen LogP contribution in [0.3, 0.4) is 0 Å². The smallest absolute Gasteiger partial charge is 0.350 e. The highest BCUT2D eigenvalue weighted by Crippen LogP contribution is 2.37. The van der Waals surface area contributed by atoms with Crippen molar-refractivity contribution in [3.05, 3.63) is 64.2 Å². The Morgan fingerprint density at radius 3 is 2.43 bits per heavy atom. The average Bonchev–Trinajstić information content (AvgIpc) is 2.56. The van der Waals surface area contributed by atoms with Crippen molar-refractivity contribution < 1.29 is 26.4 Å². The van der Waals surface area contributed by atoms with Crippen LogP contribution in [0, 0.1) is 6.92 Å². The Hall–Kier alpha value is -2.26. The molecule has 0 saturated heterocycles. The van der Waals surface area contributed by atoms with Gasteiger partial charge in [-0.05, 0) is 30.7 Å². The largest absolute Gasteiger partial charge is 0.417 e. The molecule has 0 aliphatic heterocycles. The number of anilines is 1. The van der Waals surface area contributed by atoms with Gasteiger partial charge >= 0.3 is 6.18 Å². The Bertz CT molecular complexity index is 978. The molecule has 1 amide bonds. The van der Waals surface area contributed by atoms with Crippen LogP contribution in [0.2, 0.25) is 5.02 Å². The Morgan fingerprint density at radius 2 is 1.86 bits per heavy atom. The number of amides is 1. The molecule has 5 nitrogen and oxygen atoms in total. The third-order valence-electron chi connectivity index (χ3n) is 3.80. The van der Waals surface area contributed by atoms with E-state index in [4.69, 9.17) is 11.6 Å². The van der Waals surface area contributed by atoms with Gasteiger partial charge in [0.25, 0.3) is 0 Å². The van der Waals surface area contributed by atoms with Gasteiger partial charge in [0.05, 0.1) is 22.5 Å². The van der Waals surface area contributed by atoms with Gasteiger partial charge in [-0.2, -0.15) is 13.2 Å². The van der Waals surface area contributed by atoms with E-state index in [0.29, 0.717) is 10.4 Å². The zero-order valence-electron chi connectivity index (χ0n) is 15.0. The molecule has 0 bridgehead atoms. The molecule has 2 aromatic carbocycles. The second kappa shape index (κ2) is 8.40. The molecule has 0 aliphatic rings. The van der Waals surface area contributed by atoms with Crippen LogP contribution in [0.1, 0.15) is 16.7 Å². The van der Waals surface area contributed by atoms with Crippen LogP contribution in [0.15, 0.2) is 42.5 Å². The second-order valence-electron chi connectivity index (χ2n) is 6.20. The minimum absolute atomic E-state index is 0.159. The summed E-state index contributed by atoms with van der Waals surface area (Å²) in [5.41, 5.74) is 0.320. The first-order valence-electron chi connectivity index (χ1n) is 8.04. The van der Waals surface area contributed by atoms with Crippen LogP contribution >= 0.6 is 11.6 Å². The molecular formula is C18H18ClF3N2O3S. The number of alkyl halides is 3. The Kier molecular flexibility index (Phi) is 6.61. The third-order valence-corrected chi connectivity index (χ3v) is 5.27. The monoisotopic (exact) mass is 434 g/mol. The van der Waals surface area contributed by atoms with Gasteiger partial charge in [-0.15, -0.1) is 0 Å². The zero-order valence-corrected chi connectivity index (χ0v) is 16.6. The van der Waals surface area contributed by atoms with Crippen molar-refractivity contribution in [1.29, 1.82) is 0 Å². The third kappa shape index (κ3) is 5.87. The topological polar surface area (TPSA) is 66.5 Å². The van der Waals surface area contributed by atoms with Gasteiger partial charge in [0.2, 0.25) is 15.9 Å². The van der Waals surface area contributed by atoms with Crippen LogP contribution in [-0.4, -0.2) is 27.1 Å². The highest BCUT2D eigenvalue weighted by Gasteiger charge is 2.34. The van der Waals surface area contributed by atoms with Crippen molar-refractivity contribution in [2.45, 2.75) is 19.6 Å². The van der Waals surface area contributed by atoms with Gasteiger partial charge in [0.15, 0.2) is 0 Å². The first-order valence-corrected chi connectivity index (χ1v) is 10.3. The van der Waals surface area contributed by atoms with E-state index >= 15 is 0 Å². The van der Waals surface area contributed by atoms with Crippen LogP contribution in [0.4, 0.5) is 18.9 Å². The fourth-order valence-corrected chi connectivity index (χ4v) is 3.57. The van der Waals surface area contributed by atoms with E-state index in [1.807, 2.05) is 25.1 Å². The summed E-state index contributed by atoms with van der Waals surface area (Å²) in [5, 5.41) is 2.00. The number of hydrogen-bond acceptors (Lipinski definition) is 3. The summed E-state index contributed by atoms with van der Waals surface area (Å²) in [7, 11) is -4.02. The summed E-state index contributed by atoms with van der Waals surface area (Å²) >= 11 is 5.57. The summed E-state index contributed by atoms with van der Waals surface area (Å²) in [6.07, 6.45) is -3.95. The van der Waals surface area contributed by atoms with E-state index in [9.17, 15) is 26.4 Å². The molecule has 10 heteroatoms. The minimum Gasteiger partial charge on any atom is -0.350 e. The predicted octanol–water partition coefficient (Wildman–Crippen LogP) is 3.75. The fourth-order valence-electron chi connectivity index (χ4n) is 2.49. The Morgan fingerprint density at radius 1 is 1.18 bits per heavy atom. The lowest BCUT2D eigenvalue weighted by molar-refractivity contribution is -0.137. The SMILES string of the molecule is Cc1cccc(CNC(=O)CN(c2ccc(Cl)c(C(F)(F)F)c2)S(C)(=O)=O)c1. The highest BCUT2D eigenvalue weighted by molar-refractivity contribution is 7.92. The van der Waals surface area contributed by atoms with Crippen LogP contribution in [0.25, 0.3) is 0 Å². The number of aryl methyl sites for hydroxylation is 1. The molecule has 2 rings (SSSR count). The number of halogens is 4. The van der Waals surface area contributed by atoms with Crippen molar-refractivity contribution in [3.8, 4) is 0 Å². The summed E-state index contributed by atoms with van der Waals surface area (Å²) in [6.45, 7) is 1.38. The molecule has 28 heavy (non-hydrogen) atoms. The number of benzene rings is 2. The lowest BCUT2D eigenvalue weighted by atomic mass is 10.1. The molecule has 1 N–H and O–H groups in total. The second-order valence-corrected chi connectivity index (χ2v) is 8.51. The maximum Gasteiger partial charge on any atom is 0.417 e. The van der Waals surface area contributed by atoms with E-state index in [1.165, 1.54) is 0 Å². The lowest BCUT2D eigenvalue weighted by Gasteiger charge is -2.23. The van der Waals surface area contributed by atoms with Crippen LogP contribution in [-0.2, 0) is 27.5 Å². The molecule has 0 heterocycles. The average molecular weight is 435 g/mol. The summed E-state index contributed by atoms with van der Waals surface area (Å²) in [4.78, 5) is 12.2. The molecule has 0 atom stereocenters. The molecule has 0 fully saturated rings. The van der Waals surface area contributed by atoms with Gasteiger partial charge in [0.1, 0.15) is 6.54 Å². The van der Waals surface area contributed by atoms with Crippen molar-refractivity contribution in [2.24, 2.45) is 0 Å². The predicted molar refractivity (Wildman–Crippen MR) is 102 cm³/mol. The van der Waals surface area contributed by atoms with E-state index in [1.54, 1.807) is 6.07 Å². The van der Waals surface area contributed by atoms with Gasteiger partial charge in [0, 0.05) is 6.54 Å². The summed E-state index contributed by atoms with van der Waals surface area (Å²) < 4.78 is 63.9. The molecule has 0 spiro atoms. The van der Waals surface area contributed by atoms with Gasteiger partial charge in [-0.1, -0.05) is 41.4 Å². The van der Waals surface area contributed by atoms with Crippen LogP contribution < -0.4 is 9.62 Å². The molecular weight excluding hydrogens is 417 g/mol. The zero-order chi connectivity index (χ0) is 21.1. The normalized spacial score (nSPS) is 11.9. The molecule has 2 aromatic rings. The Balaban J connectivity index is 2.22. The van der Waals surface area contributed by atoms with Crippen molar-refractivity contribution in [1.82, 2.24) is 5.32 Å². The van der Waals surface area contributed by atoms with Crippen molar-refractivity contribution >= 4 is 33.2 Å². The fraction of sp³-hybridized carbons (Fsp3) is 0.278. The Labute approximate surface area is 166 Å². The molecule has 0 saturated carbocycles. The van der Waals surface area contributed by atoms with Crippen LogP contribution in [0.5, 0.6) is 0 Å². The van der Waals surface area contributed by atoms with Gasteiger partial charge in [-0.3, -0.25) is 9.10 Å². The summed E-state index contributed by atoms with van der Waals surface area (Å²) in [5.74, 6) is -0.657. The number of nitrogens with zero attached hydrogens (tertiary/aromatic N) is 1. The van der Waals surface area contributed by atoms with E-state index in [0.717, 1.165) is 29.5 Å².